The second kappa shape index (κ2) is 8.92. The zero-order valence-corrected chi connectivity index (χ0v) is 15.6. The zero-order chi connectivity index (χ0) is 20.1. The fraction of sp³-hybridized carbons (Fsp3) is 0.588. The highest BCUT2D eigenvalue weighted by Gasteiger charge is 2.32. The van der Waals surface area contributed by atoms with Gasteiger partial charge in [0.05, 0.1) is 12.0 Å². The van der Waals surface area contributed by atoms with E-state index in [-0.39, 0.29) is 10.8 Å². The summed E-state index contributed by atoms with van der Waals surface area (Å²) in [6.45, 7) is 0. The third-order valence-electron chi connectivity index (χ3n) is 4.44. The molecule has 1 unspecified atom stereocenters. The molecule has 0 heterocycles. The van der Waals surface area contributed by atoms with Crippen LogP contribution in [0.4, 0.5) is 13.2 Å². The molecule has 1 atom stereocenters. The molecule has 0 spiro atoms. The Balaban J connectivity index is 2.11. The SMILES string of the molecule is COC(=O)C(CC1CCCCC1)NS(=O)(=O)c1ccc(OC(F)(F)F)cc1. The molecule has 27 heavy (non-hydrogen) atoms. The fourth-order valence-electron chi connectivity index (χ4n) is 3.17. The van der Waals surface area contributed by atoms with Crippen molar-refractivity contribution in [3.8, 4) is 5.75 Å². The van der Waals surface area contributed by atoms with Crippen LogP contribution in [0.15, 0.2) is 29.2 Å². The molecule has 1 aromatic carbocycles. The lowest BCUT2D eigenvalue weighted by Gasteiger charge is -2.25. The van der Waals surface area contributed by atoms with E-state index in [1.165, 1.54) is 7.11 Å². The Morgan fingerprint density at radius 3 is 2.30 bits per heavy atom. The highest BCUT2D eigenvalue weighted by Crippen LogP contribution is 2.28. The van der Waals surface area contributed by atoms with E-state index in [0.29, 0.717) is 6.42 Å². The summed E-state index contributed by atoms with van der Waals surface area (Å²) in [5.74, 6) is -1.01. The molecular formula is C17H22F3NO5S. The minimum absolute atomic E-state index is 0.216. The number of esters is 1. The van der Waals surface area contributed by atoms with Crippen molar-refractivity contribution in [1.29, 1.82) is 0 Å². The van der Waals surface area contributed by atoms with E-state index in [9.17, 15) is 26.4 Å². The van der Waals surface area contributed by atoms with Gasteiger partial charge in [0.2, 0.25) is 10.0 Å². The summed E-state index contributed by atoms with van der Waals surface area (Å²) >= 11 is 0. The van der Waals surface area contributed by atoms with Crippen LogP contribution in [0.25, 0.3) is 0 Å². The molecule has 1 N–H and O–H groups in total. The van der Waals surface area contributed by atoms with Crippen molar-refractivity contribution < 1.29 is 35.9 Å². The number of rotatable bonds is 7. The minimum atomic E-state index is -4.87. The number of hydrogen-bond acceptors (Lipinski definition) is 5. The lowest BCUT2D eigenvalue weighted by molar-refractivity contribution is -0.274. The summed E-state index contributed by atoms with van der Waals surface area (Å²) in [5.41, 5.74) is 0. The van der Waals surface area contributed by atoms with Crippen molar-refractivity contribution in [2.75, 3.05) is 7.11 Å². The molecule has 0 aliphatic heterocycles. The molecule has 0 amide bonds. The van der Waals surface area contributed by atoms with E-state index in [2.05, 4.69) is 9.46 Å². The molecule has 0 saturated heterocycles. The van der Waals surface area contributed by atoms with Crippen molar-refractivity contribution in [1.82, 2.24) is 4.72 Å². The predicted octanol–water partition coefficient (Wildman–Crippen LogP) is 3.38. The molecule has 1 fully saturated rings. The van der Waals surface area contributed by atoms with Gasteiger partial charge in [0.25, 0.3) is 0 Å². The Morgan fingerprint density at radius 2 is 1.78 bits per heavy atom. The smallest absolute Gasteiger partial charge is 0.468 e. The van der Waals surface area contributed by atoms with Crippen molar-refractivity contribution in [3.63, 3.8) is 0 Å². The van der Waals surface area contributed by atoms with Crippen LogP contribution in [-0.2, 0) is 19.6 Å². The van der Waals surface area contributed by atoms with E-state index >= 15 is 0 Å². The van der Waals surface area contributed by atoms with Gasteiger partial charge >= 0.3 is 12.3 Å². The average molecular weight is 409 g/mol. The van der Waals surface area contributed by atoms with Gasteiger partial charge in [-0.05, 0) is 36.6 Å². The number of halogens is 3. The molecule has 1 aliphatic carbocycles. The molecule has 1 saturated carbocycles. The Hall–Kier alpha value is -1.81. The van der Waals surface area contributed by atoms with Crippen LogP contribution in [0.2, 0.25) is 0 Å². The van der Waals surface area contributed by atoms with Crippen LogP contribution in [0.1, 0.15) is 38.5 Å². The number of carbonyl (C=O) groups excluding carboxylic acids is 1. The Labute approximate surface area is 156 Å². The molecule has 0 aromatic heterocycles. The van der Waals surface area contributed by atoms with Crippen LogP contribution in [0, 0.1) is 5.92 Å². The maximum absolute atomic E-state index is 12.5. The van der Waals surface area contributed by atoms with Crippen LogP contribution in [-0.4, -0.2) is 33.9 Å². The Kier molecular flexibility index (Phi) is 7.10. The molecule has 0 bridgehead atoms. The van der Waals surface area contributed by atoms with Crippen LogP contribution in [0.5, 0.6) is 5.75 Å². The second-order valence-corrected chi connectivity index (χ2v) is 8.17. The van der Waals surface area contributed by atoms with Crippen molar-refractivity contribution >= 4 is 16.0 Å². The first-order valence-electron chi connectivity index (χ1n) is 8.56. The number of benzene rings is 1. The summed E-state index contributed by atoms with van der Waals surface area (Å²) in [4.78, 5) is 11.7. The molecule has 0 radical (unpaired) electrons. The van der Waals surface area contributed by atoms with Crippen LogP contribution >= 0.6 is 0 Å². The van der Waals surface area contributed by atoms with Gasteiger partial charge in [0.1, 0.15) is 11.8 Å². The second-order valence-electron chi connectivity index (χ2n) is 6.46. The molecule has 152 valence electrons. The number of carbonyl (C=O) groups is 1. The predicted molar refractivity (Wildman–Crippen MR) is 90.4 cm³/mol. The maximum atomic E-state index is 12.5. The van der Waals surface area contributed by atoms with E-state index in [1.54, 1.807) is 0 Å². The van der Waals surface area contributed by atoms with E-state index in [0.717, 1.165) is 56.4 Å². The maximum Gasteiger partial charge on any atom is 0.573 e. The first-order chi connectivity index (χ1) is 12.6. The summed E-state index contributed by atoms with van der Waals surface area (Å²) in [6.07, 6.45) is 0.475. The average Bonchev–Trinajstić information content (AvgIpc) is 2.60. The molecule has 1 aliphatic rings. The molecule has 6 nitrogen and oxygen atoms in total. The topological polar surface area (TPSA) is 81.7 Å². The van der Waals surface area contributed by atoms with Crippen LogP contribution in [0.3, 0.4) is 0 Å². The first-order valence-corrected chi connectivity index (χ1v) is 10.0. The first kappa shape index (κ1) is 21.5. The van der Waals surface area contributed by atoms with Crippen molar-refractivity contribution in [2.24, 2.45) is 5.92 Å². The molecular weight excluding hydrogens is 387 g/mol. The normalized spacial score (nSPS) is 17.3. The standard InChI is InChI=1S/C17H22F3NO5S/c1-25-16(22)15(11-12-5-3-2-4-6-12)21-27(23,24)14-9-7-13(8-10-14)26-17(18,19)20/h7-10,12,15,21H,2-6,11H2,1H3. The van der Waals surface area contributed by atoms with Crippen molar-refractivity contribution in [3.05, 3.63) is 24.3 Å². The lowest BCUT2D eigenvalue weighted by Crippen LogP contribution is -2.42. The number of hydrogen-bond donors (Lipinski definition) is 1. The van der Waals surface area contributed by atoms with E-state index in [4.69, 9.17) is 4.74 Å². The van der Waals surface area contributed by atoms with Gasteiger partial charge in [-0.1, -0.05) is 32.1 Å². The number of alkyl halides is 3. The van der Waals surface area contributed by atoms with Gasteiger partial charge in [-0.3, -0.25) is 4.79 Å². The molecule has 2 rings (SSSR count). The zero-order valence-electron chi connectivity index (χ0n) is 14.8. The van der Waals surface area contributed by atoms with Gasteiger partial charge in [0.15, 0.2) is 0 Å². The highest BCUT2D eigenvalue weighted by molar-refractivity contribution is 7.89. The number of sulfonamides is 1. The third-order valence-corrected chi connectivity index (χ3v) is 5.93. The molecule has 10 heteroatoms. The van der Waals surface area contributed by atoms with Crippen molar-refractivity contribution in [2.45, 2.75) is 55.8 Å². The number of nitrogens with one attached hydrogen (secondary N) is 1. The van der Waals surface area contributed by atoms with Gasteiger partial charge in [-0.15, -0.1) is 13.2 Å². The number of methoxy groups -OCH3 is 1. The van der Waals surface area contributed by atoms with Gasteiger partial charge in [0, 0.05) is 0 Å². The Bertz CT molecular complexity index is 728. The summed E-state index contributed by atoms with van der Waals surface area (Å²) in [5, 5.41) is 0. The summed E-state index contributed by atoms with van der Waals surface area (Å²) in [6, 6.07) is 2.72. The summed E-state index contributed by atoms with van der Waals surface area (Å²) < 4.78 is 72.3. The van der Waals surface area contributed by atoms with Gasteiger partial charge in [-0.25, -0.2) is 8.42 Å². The van der Waals surface area contributed by atoms with Gasteiger partial charge < -0.3 is 9.47 Å². The minimum Gasteiger partial charge on any atom is -0.468 e. The quantitative estimate of drug-likeness (QED) is 0.699. The molecule has 1 aromatic rings. The van der Waals surface area contributed by atoms with Crippen LogP contribution < -0.4 is 9.46 Å². The van der Waals surface area contributed by atoms with Gasteiger partial charge in [-0.2, -0.15) is 4.72 Å². The van der Waals surface area contributed by atoms with E-state index in [1.807, 2.05) is 0 Å². The number of ether oxygens (including phenoxy) is 2. The summed E-state index contributed by atoms with van der Waals surface area (Å²) in [7, 11) is -2.94. The van der Waals surface area contributed by atoms with E-state index < -0.39 is 34.1 Å². The monoisotopic (exact) mass is 409 g/mol. The highest BCUT2D eigenvalue weighted by atomic mass is 32.2. The third kappa shape index (κ3) is 6.69. The lowest BCUT2D eigenvalue weighted by atomic mass is 9.85. The largest absolute Gasteiger partial charge is 0.573 e. The Morgan fingerprint density at radius 1 is 1.19 bits per heavy atom. The fourth-order valence-corrected chi connectivity index (χ4v) is 4.36.